The molecular weight excluding hydrogens is 340 g/mol. The summed E-state index contributed by atoms with van der Waals surface area (Å²) in [6.45, 7) is 1.91. The molecule has 0 aliphatic rings. The Morgan fingerprint density at radius 1 is 1.24 bits per heavy atom. The Labute approximate surface area is 148 Å². The molecule has 1 amide bonds. The molecule has 0 saturated heterocycles. The van der Waals surface area contributed by atoms with Crippen LogP contribution in [-0.4, -0.2) is 34.0 Å². The highest BCUT2D eigenvalue weighted by Crippen LogP contribution is 2.24. The molecular formula is C17H16N4O3S. The number of aromatic nitrogens is 3. The van der Waals surface area contributed by atoms with Crippen LogP contribution in [0.5, 0.6) is 5.75 Å². The monoisotopic (exact) mass is 356 g/mol. The Kier molecular flexibility index (Phi) is 5.30. The van der Waals surface area contributed by atoms with Crippen molar-refractivity contribution in [2.75, 3.05) is 18.2 Å². The van der Waals surface area contributed by atoms with Crippen molar-refractivity contribution in [1.29, 1.82) is 0 Å². The predicted molar refractivity (Wildman–Crippen MR) is 94.6 cm³/mol. The largest absolute Gasteiger partial charge is 0.497 e. The van der Waals surface area contributed by atoms with Crippen LogP contribution >= 0.6 is 11.8 Å². The summed E-state index contributed by atoms with van der Waals surface area (Å²) in [7, 11) is 1.61. The molecule has 2 aromatic heterocycles. The number of amides is 1. The lowest BCUT2D eigenvalue weighted by Crippen LogP contribution is -2.14. The molecule has 3 aromatic rings. The maximum atomic E-state index is 12.1. The molecule has 0 fully saturated rings. The van der Waals surface area contributed by atoms with Gasteiger partial charge in [-0.25, -0.2) is 0 Å². The van der Waals surface area contributed by atoms with E-state index in [1.54, 1.807) is 37.7 Å². The molecule has 0 bridgehead atoms. The van der Waals surface area contributed by atoms with E-state index < -0.39 is 0 Å². The second-order valence-corrected chi connectivity index (χ2v) is 6.05. The Morgan fingerprint density at radius 2 is 2.04 bits per heavy atom. The average Bonchev–Trinajstić information content (AvgIpc) is 3.11. The van der Waals surface area contributed by atoms with Gasteiger partial charge in [0.1, 0.15) is 5.75 Å². The number of pyridine rings is 1. The highest BCUT2D eigenvalue weighted by molar-refractivity contribution is 7.99. The third-order valence-corrected chi connectivity index (χ3v) is 4.19. The molecule has 25 heavy (non-hydrogen) atoms. The molecule has 0 aliphatic heterocycles. The zero-order valence-electron chi connectivity index (χ0n) is 13.7. The van der Waals surface area contributed by atoms with Crippen LogP contribution in [0.1, 0.15) is 5.56 Å². The third-order valence-electron chi connectivity index (χ3n) is 3.37. The van der Waals surface area contributed by atoms with E-state index in [0.717, 1.165) is 22.6 Å². The van der Waals surface area contributed by atoms with Gasteiger partial charge in [-0.15, -0.1) is 10.2 Å². The lowest BCUT2D eigenvalue weighted by molar-refractivity contribution is -0.113. The van der Waals surface area contributed by atoms with Gasteiger partial charge >= 0.3 is 0 Å². The Hall–Kier alpha value is -2.87. The minimum atomic E-state index is -0.151. The maximum absolute atomic E-state index is 12.1. The van der Waals surface area contributed by atoms with Gasteiger partial charge in [-0.2, -0.15) is 0 Å². The van der Waals surface area contributed by atoms with Gasteiger partial charge in [0, 0.05) is 23.6 Å². The highest BCUT2D eigenvalue weighted by Gasteiger charge is 2.12. The van der Waals surface area contributed by atoms with Crippen molar-refractivity contribution in [1.82, 2.24) is 15.2 Å². The van der Waals surface area contributed by atoms with Gasteiger partial charge in [-0.1, -0.05) is 11.8 Å². The second kappa shape index (κ2) is 7.80. The number of carbonyl (C=O) groups is 1. The topological polar surface area (TPSA) is 90.1 Å². The number of rotatable bonds is 6. The average molecular weight is 356 g/mol. The summed E-state index contributed by atoms with van der Waals surface area (Å²) in [5.74, 6) is 1.17. The molecule has 8 heteroatoms. The van der Waals surface area contributed by atoms with Gasteiger partial charge in [0.2, 0.25) is 11.8 Å². The van der Waals surface area contributed by atoms with Gasteiger partial charge in [-0.3, -0.25) is 9.78 Å². The number of benzene rings is 1. The van der Waals surface area contributed by atoms with E-state index in [0.29, 0.717) is 11.1 Å². The standard InChI is InChI=1S/C17H16N4O3S/c1-11-9-13(23-2)3-4-14(11)19-15(22)10-25-17-21-20-16(24-17)12-5-7-18-8-6-12/h3-9H,10H2,1-2H3,(H,19,22). The lowest BCUT2D eigenvalue weighted by atomic mass is 10.2. The highest BCUT2D eigenvalue weighted by atomic mass is 32.2. The third kappa shape index (κ3) is 4.36. The number of ether oxygens (including phenoxy) is 1. The van der Waals surface area contributed by atoms with Crippen molar-refractivity contribution in [3.05, 3.63) is 48.3 Å². The molecule has 128 valence electrons. The molecule has 1 aromatic carbocycles. The number of hydrogen-bond donors (Lipinski definition) is 1. The summed E-state index contributed by atoms with van der Waals surface area (Å²) in [6, 6.07) is 9.03. The fraction of sp³-hybridized carbons (Fsp3) is 0.176. The van der Waals surface area contributed by atoms with Crippen LogP contribution in [0.25, 0.3) is 11.5 Å². The molecule has 0 unspecified atom stereocenters. The Morgan fingerprint density at radius 3 is 2.76 bits per heavy atom. The van der Waals surface area contributed by atoms with Crippen molar-refractivity contribution in [2.45, 2.75) is 12.1 Å². The zero-order valence-corrected chi connectivity index (χ0v) is 14.5. The van der Waals surface area contributed by atoms with Crippen LogP contribution in [0.4, 0.5) is 5.69 Å². The quantitative estimate of drug-likeness (QED) is 0.678. The van der Waals surface area contributed by atoms with Gasteiger partial charge in [0.25, 0.3) is 5.22 Å². The van der Waals surface area contributed by atoms with Crippen LogP contribution in [0.3, 0.4) is 0 Å². The first-order valence-corrected chi connectivity index (χ1v) is 8.45. The lowest BCUT2D eigenvalue weighted by Gasteiger charge is -2.09. The molecule has 7 nitrogen and oxygen atoms in total. The van der Waals surface area contributed by atoms with Crippen molar-refractivity contribution in [2.24, 2.45) is 0 Å². The first-order chi connectivity index (χ1) is 12.2. The fourth-order valence-electron chi connectivity index (χ4n) is 2.10. The van der Waals surface area contributed by atoms with Gasteiger partial charge in [-0.05, 0) is 42.8 Å². The van der Waals surface area contributed by atoms with E-state index in [1.807, 2.05) is 19.1 Å². The summed E-state index contributed by atoms with van der Waals surface area (Å²) in [4.78, 5) is 16.0. The molecule has 0 radical (unpaired) electrons. The molecule has 3 rings (SSSR count). The number of carbonyl (C=O) groups excluding carboxylic acids is 1. The summed E-state index contributed by atoms with van der Waals surface area (Å²) >= 11 is 1.18. The van der Waals surface area contributed by atoms with Crippen molar-refractivity contribution in [3.8, 4) is 17.2 Å². The molecule has 0 aliphatic carbocycles. The Balaban J connectivity index is 1.57. The van der Waals surface area contributed by atoms with Crippen molar-refractivity contribution in [3.63, 3.8) is 0 Å². The van der Waals surface area contributed by atoms with Gasteiger partial charge in [0.05, 0.1) is 12.9 Å². The second-order valence-electron chi connectivity index (χ2n) is 5.13. The molecule has 1 N–H and O–H groups in total. The molecule has 0 atom stereocenters. The van der Waals surface area contributed by atoms with Crippen molar-refractivity contribution >= 4 is 23.4 Å². The fourth-order valence-corrected chi connectivity index (χ4v) is 2.66. The van der Waals surface area contributed by atoms with Crippen LogP contribution in [-0.2, 0) is 4.79 Å². The molecule has 0 spiro atoms. The first kappa shape index (κ1) is 17.0. The van der Waals surface area contributed by atoms with Crippen molar-refractivity contribution < 1.29 is 13.9 Å². The number of nitrogens with zero attached hydrogens (tertiary/aromatic N) is 3. The van der Waals surface area contributed by atoms with Crippen LogP contribution in [0.2, 0.25) is 0 Å². The number of methoxy groups -OCH3 is 1. The van der Waals surface area contributed by atoms with E-state index in [4.69, 9.17) is 9.15 Å². The normalized spacial score (nSPS) is 10.5. The minimum absolute atomic E-state index is 0.151. The van der Waals surface area contributed by atoms with E-state index in [1.165, 1.54) is 11.8 Å². The minimum Gasteiger partial charge on any atom is -0.497 e. The maximum Gasteiger partial charge on any atom is 0.277 e. The Bertz CT molecular complexity index is 867. The van der Waals surface area contributed by atoms with E-state index in [-0.39, 0.29) is 11.7 Å². The number of nitrogens with one attached hydrogen (secondary N) is 1. The predicted octanol–water partition coefficient (Wildman–Crippen LogP) is 3.18. The number of anilines is 1. The smallest absolute Gasteiger partial charge is 0.277 e. The number of aryl methyl sites for hydroxylation is 1. The van der Waals surface area contributed by atoms with E-state index in [9.17, 15) is 4.79 Å². The van der Waals surface area contributed by atoms with E-state index >= 15 is 0 Å². The molecule has 0 saturated carbocycles. The van der Waals surface area contributed by atoms with Crippen LogP contribution in [0.15, 0.2) is 52.4 Å². The van der Waals surface area contributed by atoms with Gasteiger partial charge < -0.3 is 14.5 Å². The summed E-state index contributed by atoms with van der Waals surface area (Å²) in [5, 5.41) is 11.1. The zero-order chi connectivity index (χ0) is 17.6. The number of thioether (sulfide) groups is 1. The molecule has 2 heterocycles. The van der Waals surface area contributed by atoms with Crippen LogP contribution < -0.4 is 10.1 Å². The van der Waals surface area contributed by atoms with E-state index in [2.05, 4.69) is 20.5 Å². The SMILES string of the molecule is COc1ccc(NC(=O)CSc2nnc(-c3ccncc3)o2)c(C)c1. The summed E-state index contributed by atoms with van der Waals surface area (Å²) in [5.41, 5.74) is 2.46. The van der Waals surface area contributed by atoms with Gasteiger partial charge in [0.15, 0.2) is 0 Å². The summed E-state index contributed by atoms with van der Waals surface area (Å²) < 4.78 is 10.7. The van der Waals surface area contributed by atoms with Crippen LogP contribution in [0, 0.1) is 6.92 Å². The number of hydrogen-bond acceptors (Lipinski definition) is 7. The first-order valence-electron chi connectivity index (χ1n) is 7.47. The summed E-state index contributed by atoms with van der Waals surface area (Å²) in [6.07, 6.45) is 3.30.